The van der Waals surface area contributed by atoms with E-state index in [4.69, 9.17) is 14.2 Å². The van der Waals surface area contributed by atoms with Gasteiger partial charge in [0.15, 0.2) is 0 Å². The molecule has 0 radical (unpaired) electrons. The Balaban J connectivity index is 1.43. The molecule has 0 aromatic heterocycles. The molecular weight excluding hydrogens is 386 g/mol. The molecule has 1 atom stereocenters. The van der Waals surface area contributed by atoms with Crippen molar-refractivity contribution < 1.29 is 14.2 Å². The van der Waals surface area contributed by atoms with Gasteiger partial charge in [0, 0.05) is 31.5 Å². The van der Waals surface area contributed by atoms with E-state index >= 15 is 0 Å². The first kappa shape index (κ1) is 20.0. The van der Waals surface area contributed by atoms with Crippen LogP contribution in [0.3, 0.4) is 0 Å². The van der Waals surface area contributed by atoms with Crippen LogP contribution in [0.25, 0.3) is 0 Å². The monoisotopic (exact) mass is 415 g/mol. The summed E-state index contributed by atoms with van der Waals surface area (Å²) >= 11 is 0. The Hall–Kier alpha value is -2.98. The molecule has 3 aromatic rings. The van der Waals surface area contributed by atoms with Gasteiger partial charge in [-0.1, -0.05) is 42.5 Å². The highest BCUT2D eigenvalue weighted by molar-refractivity contribution is 5.52. The summed E-state index contributed by atoms with van der Waals surface area (Å²) < 4.78 is 18.1. The van der Waals surface area contributed by atoms with Crippen LogP contribution >= 0.6 is 0 Å². The predicted molar refractivity (Wildman–Crippen MR) is 122 cm³/mol. The van der Waals surface area contributed by atoms with Crippen molar-refractivity contribution in [2.75, 3.05) is 27.2 Å². The summed E-state index contributed by atoms with van der Waals surface area (Å²) in [6.07, 6.45) is 2.06. The SMILES string of the molecule is COc1ccc(COc2ccc3c(c2)C(c2ccccc2)C2(CCN(C)CC2)O3)cc1. The Labute approximate surface area is 184 Å². The zero-order valence-electron chi connectivity index (χ0n) is 18.2. The van der Waals surface area contributed by atoms with Gasteiger partial charge in [-0.3, -0.25) is 0 Å². The van der Waals surface area contributed by atoms with Gasteiger partial charge in [-0.05, 0) is 48.5 Å². The molecule has 1 saturated heterocycles. The van der Waals surface area contributed by atoms with Crippen LogP contribution in [0.2, 0.25) is 0 Å². The molecule has 2 aliphatic rings. The molecule has 4 heteroatoms. The van der Waals surface area contributed by atoms with Gasteiger partial charge in [0.05, 0.1) is 13.0 Å². The largest absolute Gasteiger partial charge is 0.497 e. The van der Waals surface area contributed by atoms with E-state index in [1.54, 1.807) is 7.11 Å². The summed E-state index contributed by atoms with van der Waals surface area (Å²) in [6, 6.07) is 25.1. The Kier molecular flexibility index (Phi) is 5.33. The Morgan fingerprint density at radius 3 is 2.35 bits per heavy atom. The average molecular weight is 416 g/mol. The lowest BCUT2D eigenvalue weighted by atomic mass is 9.74. The summed E-state index contributed by atoms with van der Waals surface area (Å²) in [5.41, 5.74) is 3.50. The third-order valence-electron chi connectivity index (χ3n) is 6.66. The van der Waals surface area contributed by atoms with E-state index in [1.165, 1.54) is 11.1 Å². The van der Waals surface area contributed by atoms with Gasteiger partial charge < -0.3 is 19.1 Å². The summed E-state index contributed by atoms with van der Waals surface area (Å²) in [5.74, 6) is 2.95. The van der Waals surface area contributed by atoms with Crippen molar-refractivity contribution in [1.82, 2.24) is 4.90 Å². The van der Waals surface area contributed by atoms with Crippen LogP contribution in [-0.2, 0) is 6.61 Å². The fourth-order valence-electron chi connectivity index (χ4n) is 4.90. The number of hydrogen-bond donors (Lipinski definition) is 0. The van der Waals surface area contributed by atoms with Crippen LogP contribution in [-0.4, -0.2) is 37.7 Å². The van der Waals surface area contributed by atoms with Crippen LogP contribution in [0.15, 0.2) is 72.8 Å². The summed E-state index contributed by atoms with van der Waals surface area (Å²) in [4.78, 5) is 2.39. The van der Waals surface area contributed by atoms with Gasteiger partial charge in [0.25, 0.3) is 0 Å². The first-order valence-electron chi connectivity index (χ1n) is 11.0. The molecule has 0 saturated carbocycles. The standard InChI is InChI=1S/C27H29NO3/c1-28-16-14-27(15-17-28)26(21-6-4-3-5-7-21)24-18-23(12-13-25(24)31-27)30-19-20-8-10-22(29-2)11-9-20/h3-13,18,26H,14-17,19H2,1-2H3. The number of rotatable bonds is 5. The molecule has 0 N–H and O–H groups in total. The number of likely N-dealkylation sites (tertiary alicyclic amines) is 1. The predicted octanol–water partition coefficient (Wildman–Crippen LogP) is 5.26. The minimum absolute atomic E-state index is 0.176. The van der Waals surface area contributed by atoms with Crippen LogP contribution < -0.4 is 14.2 Å². The van der Waals surface area contributed by atoms with Gasteiger partial charge in [-0.2, -0.15) is 0 Å². The van der Waals surface area contributed by atoms with Crippen LogP contribution in [0.4, 0.5) is 0 Å². The minimum atomic E-state index is -0.176. The smallest absolute Gasteiger partial charge is 0.124 e. The normalized spacial score (nSPS) is 19.6. The first-order valence-corrected chi connectivity index (χ1v) is 11.0. The molecule has 1 unspecified atom stereocenters. The molecule has 160 valence electrons. The zero-order valence-corrected chi connectivity index (χ0v) is 18.2. The van der Waals surface area contributed by atoms with E-state index in [0.717, 1.165) is 48.7 Å². The van der Waals surface area contributed by atoms with E-state index in [9.17, 15) is 0 Å². The third-order valence-corrected chi connectivity index (χ3v) is 6.66. The maximum Gasteiger partial charge on any atom is 0.124 e. The second-order valence-electron chi connectivity index (χ2n) is 8.65. The number of benzene rings is 3. The van der Waals surface area contributed by atoms with E-state index in [0.29, 0.717) is 6.61 Å². The van der Waals surface area contributed by atoms with Crippen molar-refractivity contribution in [2.24, 2.45) is 0 Å². The number of ether oxygens (including phenoxy) is 3. The number of methoxy groups -OCH3 is 1. The topological polar surface area (TPSA) is 30.9 Å². The molecule has 1 fully saturated rings. The van der Waals surface area contributed by atoms with Gasteiger partial charge in [0.1, 0.15) is 29.5 Å². The lowest BCUT2D eigenvalue weighted by Crippen LogP contribution is -2.48. The number of hydrogen-bond acceptors (Lipinski definition) is 4. The molecule has 31 heavy (non-hydrogen) atoms. The molecule has 4 nitrogen and oxygen atoms in total. The van der Waals surface area contributed by atoms with Crippen molar-refractivity contribution >= 4 is 0 Å². The lowest BCUT2D eigenvalue weighted by molar-refractivity contribution is 0.0150. The molecule has 0 aliphatic carbocycles. The maximum absolute atomic E-state index is 6.70. The quantitative estimate of drug-likeness (QED) is 0.569. The van der Waals surface area contributed by atoms with Gasteiger partial charge in [-0.15, -0.1) is 0 Å². The highest BCUT2D eigenvalue weighted by Crippen LogP contribution is 2.53. The fourth-order valence-corrected chi connectivity index (χ4v) is 4.90. The highest BCUT2D eigenvalue weighted by atomic mass is 16.5. The fraction of sp³-hybridized carbons (Fsp3) is 0.333. The average Bonchev–Trinajstić information content (AvgIpc) is 3.13. The van der Waals surface area contributed by atoms with Crippen molar-refractivity contribution in [2.45, 2.75) is 31.0 Å². The van der Waals surface area contributed by atoms with Crippen molar-refractivity contribution in [3.8, 4) is 17.2 Å². The van der Waals surface area contributed by atoms with Gasteiger partial charge >= 0.3 is 0 Å². The molecule has 3 aromatic carbocycles. The number of piperidine rings is 1. The van der Waals surface area contributed by atoms with E-state index in [1.807, 2.05) is 30.3 Å². The Bertz CT molecular complexity index is 1020. The Morgan fingerprint density at radius 1 is 0.935 bits per heavy atom. The van der Waals surface area contributed by atoms with E-state index in [-0.39, 0.29) is 11.5 Å². The summed E-state index contributed by atoms with van der Waals surface area (Å²) in [6.45, 7) is 2.63. The Morgan fingerprint density at radius 2 is 1.65 bits per heavy atom. The first-order chi connectivity index (χ1) is 15.2. The van der Waals surface area contributed by atoms with Gasteiger partial charge in [-0.25, -0.2) is 0 Å². The minimum Gasteiger partial charge on any atom is -0.497 e. The third kappa shape index (κ3) is 3.88. The van der Waals surface area contributed by atoms with E-state index < -0.39 is 0 Å². The molecule has 0 amide bonds. The van der Waals surface area contributed by atoms with Crippen LogP contribution in [0.1, 0.15) is 35.4 Å². The zero-order chi connectivity index (χ0) is 21.3. The second kappa shape index (κ2) is 8.27. The molecule has 5 rings (SSSR count). The molecule has 0 bridgehead atoms. The maximum atomic E-state index is 6.70. The van der Waals surface area contributed by atoms with Crippen LogP contribution in [0.5, 0.6) is 17.2 Å². The molecule has 2 heterocycles. The summed E-state index contributed by atoms with van der Waals surface area (Å²) in [5, 5.41) is 0. The molecular formula is C27H29NO3. The van der Waals surface area contributed by atoms with Crippen molar-refractivity contribution in [3.05, 3.63) is 89.5 Å². The second-order valence-corrected chi connectivity index (χ2v) is 8.65. The van der Waals surface area contributed by atoms with Crippen LogP contribution in [0, 0.1) is 0 Å². The molecule has 1 spiro atoms. The number of nitrogens with zero attached hydrogens (tertiary/aromatic N) is 1. The summed E-state index contributed by atoms with van der Waals surface area (Å²) in [7, 11) is 3.87. The lowest BCUT2D eigenvalue weighted by Gasteiger charge is -2.41. The van der Waals surface area contributed by atoms with E-state index in [2.05, 4.69) is 54.4 Å². The van der Waals surface area contributed by atoms with Gasteiger partial charge in [0.2, 0.25) is 0 Å². The molecule has 2 aliphatic heterocycles. The van der Waals surface area contributed by atoms with Crippen molar-refractivity contribution in [3.63, 3.8) is 0 Å². The number of fused-ring (bicyclic) bond motifs is 1. The van der Waals surface area contributed by atoms with Crippen molar-refractivity contribution in [1.29, 1.82) is 0 Å². The highest BCUT2D eigenvalue weighted by Gasteiger charge is 2.50.